The molecule has 0 spiro atoms. The van der Waals surface area contributed by atoms with Crippen molar-refractivity contribution >= 4 is 15.9 Å². The monoisotopic (exact) mass is 279 g/mol. The van der Waals surface area contributed by atoms with E-state index in [-0.39, 0.29) is 6.10 Å². The van der Waals surface area contributed by atoms with Gasteiger partial charge in [-0.1, -0.05) is 36.7 Å². The first-order chi connectivity index (χ1) is 6.77. The molecule has 2 unspecified atom stereocenters. The number of hydrogen-bond donors (Lipinski definition) is 1. The maximum Gasteiger partial charge on any atom is 0.0524 e. The van der Waals surface area contributed by atoms with Crippen molar-refractivity contribution in [2.45, 2.75) is 40.2 Å². The molecular weight excluding hydrogens is 254 g/mol. The van der Waals surface area contributed by atoms with Crippen LogP contribution in [0, 0.1) is 11.3 Å². The molecule has 2 nitrogen and oxygen atoms in total. The zero-order valence-corrected chi connectivity index (χ0v) is 12.3. The summed E-state index contributed by atoms with van der Waals surface area (Å²) in [5, 5.41) is 10.3. The molecule has 0 aromatic carbocycles. The molecule has 0 aliphatic heterocycles. The lowest BCUT2D eigenvalue weighted by atomic mass is 9.82. The fourth-order valence-corrected chi connectivity index (χ4v) is 2.60. The van der Waals surface area contributed by atoms with Crippen LogP contribution in [0.2, 0.25) is 0 Å². The van der Waals surface area contributed by atoms with Gasteiger partial charge in [0.15, 0.2) is 0 Å². The molecule has 3 heteroatoms. The van der Waals surface area contributed by atoms with Crippen LogP contribution in [-0.4, -0.2) is 41.6 Å². The lowest BCUT2D eigenvalue weighted by molar-refractivity contribution is 0.143. The SMILES string of the molecule is CC(O)CCN(C)CC(CBr)C(C)(C)C. The Morgan fingerprint density at radius 2 is 1.87 bits per heavy atom. The molecule has 0 aliphatic rings. The van der Waals surface area contributed by atoms with Crippen molar-refractivity contribution in [3.05, 3.63) is 0 Å². The molecular formula is C12H26BrNO. The third-order valence-corrected chi connectivity index (χ3v) is 3.65. The molecule has 0 rings (SSSR count). The van der Waals surface area contributed by atoms with Gasteiger partial charge < -0.3 is 10.0 Å². The maximum atomic E-state index is 9.22. The number of nitrogens with zero attached hydrogens (tertiary/aromatic N) is 1. The molecule has 0 fully saturated rings. The van der Waals surface area contributed by atoms with E-state index in [1.165, 1.54) is 0 Å². The van der Waals surface area contributed by atoms with Gasteiger partial charge in [0.05, 0.1) is 6.10 Å². The van der Waals surface area contributed by atoms with E-state index in [0.29, 0.717) is 11.3 Å². The second-order valence-corrected chi connectivity index (χ2v) is 6.26. The number of alkyl halides is 1. The summed E-state index contributed by atoms with van der Waals surface area (Å²) in [5.41, 5.74) is 0.336. The summed E-state index contributed by atoms with van der Waals surface area (Å²) in [5.74, 6) is 0.650. The van der Waals surface area contributed by atoms with E-state index in [4.69, 9.17) is 0 Å². The minimum atomic E-state index is -0.190. The first kappa shape index (κ1) is 15.4. The van der Waals surface area contributed by atoms with Crippen LogP contribution >= 0.6 is 15.9 Å². The largest absolute Gasteiger partial charge is 0.393 e. The lowest BCUT2D eigenvalue weighted by Crippen LogP contribution is -2.35. The van der Waals surface area contributed by atoms with E-state index in [1.807, 2.05) is 6.92 Å². The quantitative estimate of drug-likeness (QED) is 0.756. The number of rotatable bonds is 6. The normalized spacial score (nSPS) is 16.8. The van der Waals surface area contributed by atoms with Crippen LogP contribution in [-0.2, 0) is 0 Å². The first-order valence-electron chi connectivity index (χ1n) is 5.70. The van der Waals surface area contributed by atoms with E-state index >= 15 is 0 Å². The molecule has 0 saturated carbocycles. The van der Waals surface area contributed by atoms with Crippen molar-refractivity contribution in [1.82, 2.24) is 4.90 Å². The van der Waals surface area contributed by atoms with Gasteiger partial charge in [-0.2, -0.15) is 0 Å². The second kappa shape index (κ2) is 6.87. The van der Waals surface area contributed by atoms with Gasteiger partial charge in [-0.15, -0.1) is 0 Å². The molecule has 2 atom stereocenters. The van der Waals surface area contributed by atoms with E-state index in [1.54, 1.807) is 0 Å². The predicted octanol–water partition coefficient (Wildman–Crippen LogP) is 2.75. The molecule has 0 radical (unpaired) electrons. The van der Waals surface area contributed by atoms with Crippen molar-refractivity contribution in [2.24, 2.45) is 11.3 Å². The molecule has 0 aromatic rings. The Morgan fingerprint density at radius 1 is 1.33 bits per heavy atom. The van der Waals surface area contributed by atoms with Crippen LogP contribution in [0.1, 0.15) is 34.1 Å². The smallest absolute Gasteiger partial charge is 0.0524 e. The topological polar surface area (TPSA) is 23.5 Å². The summed E-state index contributed by atoms with van der Waals surface area (Å²) in [6, 6.07) is 0. The van der Waals surface area contributed by atoms with Crippen LogP contribution < -0.4 is 0 Å². The highest BCUT2D eigenvalue weighted by Gasteiger charge is 2.24. The van der Waals surface area contributed by atoms with Gasteiger partial charge in [0.2, 0.25) is 0 Å². The van der Waals surface area contributed by atoms with Crippen molar-refractivity contribution in [3.8, 4) is 0 Å². The Bertz CT molecular complexity index is 165. The van der Waals surface area contributed by atoms with Gasteiger partial charge in [0.25, 0.3) is 0 Å². The Hall–Kier alpha value is 0.400. The molecule has 0 saturated heterocycles. The predicted molar refractivity (Wildman–Crippen MR) is 70.5 cm³/mol. The second-order valence-electron chi connectivity index (χ2n) is 5.62. The fraction of sp³-hybridized carbons (Fsp3) is 1.00. The van der Waals surface area contributed by atoms with Crippen LogP contribution in [0.3, 0.4) is 0 Å². The summed E-state index contributed by atoms with van der Waals surface area (Å²) in [6.45, 7) is 10.7. The lowest BCUT2D eigenvalue weighted by Gasteiger charge is -2.33. The highest BCUT2D eigenvalue weighted by Crippen LogP contribution is 2.28. The van der Waals surface area contributed by atoms with Gasteiger partial charge in [0.1, 0.15) is 0 Å². The molecule has 92 valence electrons. The summed E-state index contributed by atoms with van der Waals surface area (Å²) in [6.07, 6.45) is 0.667. The minimum absolute atomic E-state index is 0.190. The van der Waals surface area contributed by atoms with Crippen LogP contribution in [0.4, 0.5) is 0 Å². The van der Waals surface area contributed by atoms with Crippen LogP contribution in [0.15, 0.2) is 0 Å². The van der Waals surface area contributed by atoms with Gasteiger partial charge in [-0.25, -0.2) is 0 Å². The number of hydrogen-bond acceptors (Lipinski definition) is 2. The summed E-state index contributed by atoms with van der Waals surface area (Å²) >= 11 is 3.58. The molecule has 0 aliphatic carbocycles. The van der Waals surface area contributed by atoms with Gasteiger partial charge in [-0.3, -0.25) is 0 Å². The molecule has 0 amide bonds. The summed E-state index contributed by atoms with van der Waals surface area (Å²) < 4.78 is 0. The molecule has 0 bridgehead atoms. The van der Waals surface area contributed by atoms with Crippen molar-refractivity contribution < 1.29 is 5.11 Å². The Balaban J connectivity index is 3.97. The first-order valence-corrected chi connectivity index (χ1v) is 6.82. The highest BCUT2D eigenvalue weighted by atomic mass is 79.9. The van der Waals surface area contributed by atoms with E-state index in [0.717, 1.165) is 24.8 Å². The Kier molecular flexibility index (Phi) is 7.05. The van der Waals surface area contributed by atoms with Crippen molar-refractivity contribution in [2.75, 3.05) is 25.5 Å². The fourth-order valence-electron chi connectivity index (χ4n) is 1.43. The summed E-state index contributed by atoms with van der Waals surface area (Å²) in [7, 11) is 2.13. The van der Waals surface area contributed by atoms with Gasteiger partial charge >= 0.3 is 0 Å². The van der Waals surface area contributed by atoms with E-state index in [2.05, 4.69) is 48.6 Å². The van der Waals surface area contributed by atoms with E-state index in [9.17, 15) is 5.11 Å². The number of aliphatic hydroxyl groups excluding tert-OH is 1. The average Bonchev–Trinajstić information content (AvgIpc) is 2.08. The molecule has 15 heavy (non-hydrogen) atoms. The third kappa shape index (κ3) is 7.31. The van der Waals surface area contributed by atoms with Crippen molar-refractivity contribution in [1.29, 1.82) is 0 Å². The third-order valence-electron chi connectivity index (χ3n) is 2.87. The standard InChI is InChI=1S/C12H26BrNO/c1-10(15)6-7-14(5)9-11(8-13)12(2,3)4/h10-11,15H,6-9H2,1-5H3. The van der Waals surface area contributed by atoms with Crippen LogP contribution in [0.25, 0.3) is 0 Å². The Morgan fingerprint density at radius 3 is 2.20 bits per heavy atom. The average molecular weight is 280 g/mol. The minimum Gasteiger partial charge on any atom is -0.393 e. The number of aliphatic hydroxyl groups is 1. The van der Waals surface area contributed by atoms with Crippen molar-refractivity contribution in [3.63, 3.8) is 0 Å². The zero-order chi connectivity index (χ0) is 12.1. The molecule has 0 heterocycles. The van der Waals surface area contributed by atoms with Crippen LogP contribution in [0.5, 0.6) is 0 Å². The highest BCUT2D eigenvalue weighted by molar-refractivity contribution is 9.09. The Labute approximate surface area is 103 Å². The summed E-state index contributed by atoms with van der Waals surface area (Å²) in [4.78, 5) is 2.31. The maximum absolute atomic E-state index is 9.22. The zero-order valence-electron chi connectivity index (χ0n) is 10.8. The van der Waals surface area contributed by atoms with E-state index < -0.39 is 0 Å². The van der Waals surface area contributed by atoms with Gasteiger partial charge in [0, 0.05) is 18.4 Å². The van der Waals surface area contributed by atoms with Gasteiger partial charge in [-0.05, 0) is 31.7 Å². The molecule has 0 aromatic heterocycles. The number of halogens is 1. The molecule has 1 N–H and O–H groups in total.